The van der Waals surface area contributed by atoms with Gasteiger partial charge in [-0.2, -0.15) is 5.10 Å². The average molecular weight is 518 g/mol. The van der Waals surface area contributed by atoms with Gasteiger partial charge in [0.25, 0.3) is 5.91 Å². The fourth-order valence-corrected chi connectivity index (χ4v) is 3.28. The van der Waals surface area contributed by atoms with E-state index in [-0.39, 0.29) is 5.91 Å². The minimum absolute atomic E-state index is 0.372. The first-order valence-electron chi connectivity index (χ1n) is 9.81. The van der Waals surface area contributed by atoms with Crippen LogP contribution in [0.2, 0.25) is 5.02 Å². The highest BCUT2D eigenvalue weighted by Crippen LogP contribution is 2.28. The Hall–Kier alpha value is -3.03. The van der Waals surface area contributed by atoms with Crippen molar-refractivity contribution in [3.05, 3.63) is 86.8 Å². The van der Waals surface area contributed by atoms with Crippen molar-refractivity contribution in [1.29, 1.82) is 0 Å². The fourth-order valence-electron chi connectivity index (χ4n) is 2.77. The van der Waals surface area contributed by atoms with Crippen molar-refractivity contribution < 1.29 is 19.0 Å². The molecule has 0 spiro atoms. The lowest BCUT2D eigenvalue weighted by atomic mass is 10.2. The van der Waals surface area contributed by atoms with Crippen LogP contribution in [0, 0.1) is 0 Å². The zero-order valence-corrected chi connectivity index (χ0v) is 19.9. The van der Waals surface area contributed by atoms with Crippen LogP contribution in [0.25, 0.3) is 0 Å². The smallest absolute Gasteiger partial charge is 0.271 e. The van der Waals surface area contributed by atoms with E-state index in [4.69, 9.17) is 25.8 Å². The minimum Gasteiger partial charge on any atom is -0.493 e. The number of carbonyl (C=O) groups is 1. The lowest BCUT2D eigenvalue weighted by molar-refractivity contribution is 0.0954. The quantitative estimate of drug-likeness (QED) is 0.285. The molecule has 0 saturated carbocycles. The van der Waals surface area contributed by atoms with Crippen molar-refractivity contribution in [3.63, 3.8) is 0 Å². The molecule has 166 valence electrons. The summed E-state index contributed by atoms with van der Waals surface area (Å²) in [5.74, 6) is 1.25. The Bertz CT molecular complexity index is 1100. The highest BCUT2D eigenvalue weighted by atomic mass is 79.9. The Morgan fingerprint density at radius 1 is 1.03 bits per heavy atom. The van der Waals surface area contributed by atoms with Crippen LogP contribution >= 0.6 is 27.5 Å². The van der Waals surface area contributed by atoms with Crippen molar-refractivity contribution in [2.75, 3.05) is 13.7 Å². The molecule has 8 heteroatoms. The summed E-state index contributed by atoms with van der Waals surface area (Å²) >= 11 is 9.73. The molecule has 3 aromatic carbocycles. The number of nitrogens with zero attached hydrogens (tertiary/aromatic N) is 1. The van der Waals surface area contributed by atoms with Crippen LogP contribution in [0.3, 0.4) is 0 Å². The molecule has 0 unspecified atom stereocenters. The molecule has 0 bridgehead atoms. The molecule has 0 saturated heterocycles. The van der Waals surface area contributed by atoms with E-state index in [1.165, 1.54) is 13.3 Å². The summed E-state index contributed by atoms with van der Waals surface area (Å²) in [4.78, 5) is 12.4. The minimum atomic E-state index is -0.372. The Balaban J connectivity index is 1.58. The first kappa shape index (κ1) is 23.6. The lowest BCUT2D eigenvalue weighted by Gasteiger charge is -2.10. The number of rotatable bonds is 9. The first-order chi connectivity index (χ1) is 15.5. The van der Waals surface area contributed by atoms with E-state index in [9.17, 15) is 4.79 Å². The molecule has 0 heterocycles. The highest BCUT2D eigenvalue weighted by Gasteiger charge is 2.10. The largest absolute Gasteiger partial charge is 0.493 e. The van der Waals surface area contributed by atoms with Crippen molar-refractivity contribution in [2.24, 2.45) is 5.10 Å². The molecule has 0 atom stereocenters. The maximum atomic E-state index is 12.4. The third kappa shape index (κ3) is 6.48. The van der Waals surface area contributed by atoms with Gasteiger partial charge in [-0.1, -0.05) is 39.7 Å². The third-order valence-electron chi connectivity index (χ3n) is 4.37. The molecule has 32 heavy (non-hydrogen) atoms. The summed E-state index contributed by atoms with van der Waals surface area (Å²) in [5.41, 5.74) is 4.64. The SMILES string of the molecule is CCOc1ccc(C(=O)N/N=C/c2ccc(OCc3ccc(Br)cc3)c(Cl)c2)cc1OC. The Morgan fingerprint density at radius 3 is 2.47 bits per heavy atom. The molecule has 3 rings (SSSR count). The van der Waals surface area contributed by atoms with Gasteiger partial charge in [-0.25, -0.2) is 5.43 Å². The summed E-state index contributed by atoms with van der Waals surface area (Å²) in [7, 11) is 1.52. The van der Waals surface area contributed by atoms with Gasteiger partial charge in [-0.05, 0) is 66.6 Å². The van der Waals surface area contributed by atoms with Crippen molar-refractivity contribution in [3.8, 4) is 17.2 Å². The second kappa shape index (κ2) is 11.5. The molecular weight excluding hydrogens is 496 g/mol. The van der Waals surface area contributed by atoms with Gasteiger partial charge in [0, 0.05) is 10.0 Å². The lowest BCUT2D eigenvalue weighted by Crippen LogP contribution is -2.17. The molecular formula is C24H22BrClN2O4. The summed E-state index contributed by atoms with van der Waals surface area (Å²) in [5, 5.41) is 4.46. The van der Waals surface area contributed by atoms with E-state index in [2.05, 4.69) is 26.5 Å². The van der Waals surface area contributed by atoms with Crippen molar-refractivity contribution >= 4 is 39.7 Å². The van der Waals surface area contributed by atoms with Crippen LogP contribution in [0.15, 0.2) is 70.2 Å². The number of nitrogens with one attached hydrogen (secondary N) is 1. The van der Waals surface area contributed by atoms with Gasteiger partial charge in [-0.15, -0.1) is 0 Å². The number of benzene rings is 3. The average Bonchev–Trinajstić information content (AvgIpc) is 2.80. The fraction of sp³-hybridized carbons (Fsp3) is 0.167. The summed E-state index contributed by atoms with van der Waals surface area (Å²) < 4.78 is 17.5. The second-order valence-corrected chi connectivity index (χ2v) is 7.93. The molecule has 1 amide bonds. The zero-order chi connectivity index (χ0) is 22.9. The first-order valence-corrected chi connectivity index (χ1v) is 11.0. The Kier molecular flexibility index (Phi) is 8.53. The molecule has 1 N–H and O–H groups in total. The summed E-state index contributed by atoms with van der Waals surface area (Å²) in [6.45, 7) is 2.78. The molecule has 0 aromatic heterocycles. The van der Waals surface area contributed by atoms with Crippen molar-refractivity contribution in [2.45, 2.75) is 13.5 Å². The molecule has 0 aliphatic carbocycles. The maximum absolute atomic E-state index is 12.4. The molecule has 0 aliphatic heterocycles. The molecule has 3 aromatic rings. The number of hydrogen-bond acceptors (Lipinski definition) is 5. The van der Waals surface area contributed by atoms with Crippen LogP contribution in [0.4, 0.5) is 0 Å². The van der Waals surface area contributed by atoms with Crippen LogP contribution < -0.4 is 19.6 Å². The number of hydrazone groups is 1. The Labute approximate surface area is 200 Å². The van der Waals surface area contributed by atoms with E-state index < -0.39 is 0 Å². The van der Waals surface area contributed by atoms with Crippen molar-refractivity contribution in [1.82, 2.24) is 5.43 Å². The maximum Gasteiger partial charge on any atom is 0.271 e. The molecule has 0 radical (unpaired) electrons. The zero-order valence-electron chi connectivity index (χ0n) is 17.6. The van der Waals surface area contributed by atoms with Gasteiger partial charge in [-0.3, -0.25) is 4.79 Å². The van der Waals surface area contributed by atoms with E-state index in [0.717, 1.165) is 15.6 Å². The number of carbonyl (C=O) groups excluding carboxylic acids is 1. The number of halogens is 2. The van der Waals surface area contributed by atoms with Gasteiger partial charge in [0.15, 0.2) is 11.5 Å². The Morgan fingerprint density at radius 2 is 1.78 bits per heavy atom. The predicted molar refractivity (Wildman–Crippen MR) is 129 cm³/mol. The van der Waals surface area contributed by atoms with Crippen LogP contribution in [-0.4, -0.2) is 25.8 Å². The third-order valence-corrected chi connectivity index (χ3v) is 5.19. The van der Waals surface area contributed by atoms with Gasteiger partial charge >= 0.3 is 0 Å². The van der Waals surface area contributed by atoms with Gasteiger partial charge in [0.1, 0.15) is 12.4 Å². The van der Waals surface area contributed by atoms with E-state index in [1.54, 1.807) is 36.4 Å². The summed E-state index contributed by atoms with van der Waals surface area (Å²) in [6, 6.07) is 18.1. The van der Waals surface area contributed by atoms with Gasteiger partial charge < -0.3 is 14.2 Å². The predicted octanol–water partition coefficient (Wildman–Crippen LogP) is 5.85. The van der Waals surface area contributed by atoms with Gasteiger partial charge in [0.05, 0.1) is 25.0 Å². The van der Waals surface area contributed by atoms with Crippen LogP contribution in [0.1, 0.15) is 28.4 Å². The molecule has 6 nitrogen and oxygen atoms in total. The normalized spacial score (nSPS) is 10.8. The summed E-state index contributed by atoms with van der Waals surface area (Å²) in [6.07, 6.45) is 1.51. The van der Waals surface area contributed by atoms with E-state index in [1.807, 2.05) is 31.2 Å². The molecule has 0 aliphatic rings. The monoisotopic (exact) mass is 516 g/mol. The highest BCUT2D eigenvalue weighted by molar-refractivity contribution is 9.10. The number of hydrogen-bond donors (Lipinski definition) is 1. The second-order valence-electron chi connectivity index (χ2n) is 6.60. The van der Waals surface area contributed by atoms with E-state index in [0.29, 0.717) is 41.0 Å². The van der Waals surface area contributed by atoms with E-state index >= 15 is 0 Å². The van der Waals surface area contributed by atoms with Crippen LogP contribution in [0.5, 0.6) is 17.2 Å². The molecule has 0 fully saturated rings. The number of ether oxygens (including phenoxy) is 3. The standard InChI is InChI=1S/C24H22BrClN2O4/c1-3-31-22-11-7-18(13-23(22)30-2)24(29)28-27-14-17-6-10-21(20(26)12-17)32-15-16-4-8-19(25)9-5-16/h4-14H,3,15H2,1-2H3,(H,28,29)/b27-14+. The number of methoxy groups -OCH3 is 1. The topological polar surface area (TPSA) is 69.2 Å². The number of amides is 1. The van der Waals surface area contributed by atoms with Gasteiger partial charge in [0.2, 0.25) is 0 Å². The van der Waals surface area contributed by atoms with Crippen LogP contribution in [-0.2, 0) is 6.61 Å².